The topological polar surface area (TPSA) is 52.7 Å². The van der Waals surface area contributed by atoms with Crippen molar-refractivity contribution in [3.63, 3.8) is 0 Å². The molecule has 2 amide bonds. The van der Waals surface area contributed by atoms with Gasteiger partial charge in [0.25, 0.3) is 0 Å². The lowest BCUT2D eigenvalue weighted by Gasteiger charge is -2.37. The summed E-state index contributed by atoms with van der Waals surface area (Å²) in [5, 5.41) is 3.27. The Morgan fingerprint density at radius 1 is 1.07 bits per heavy atom. The quantitative estimate of drug-likeness (QED) is 0.792. The van der Waals surface area contributed by atoms with Gasteiger partial charge in [0.2, 0.25) is 11.8 Å². The molecule has 2 atom stereocenters. The SMILES string of the molecule is O=C1NC(=O)C2(CCCN3CCN(c4ccc(Cl)cc4)CC3)C=CC=CC12. The zero-order valence-electron chi connectivity index (χ0n) is 15.2. The van der Waals surface area contributed by atoms with Gasteiger partial charge in [-0.2, -0.15) is 0 Å². The molecule has 27 heavy (non-hydrogen) atoms. The van der Waals surface area contributed by atoms with Gasteiger partial charge in [-0.1, -0.05) is 35.9 Å². The predicted molar refractivity (Wildman–Crippen MR) is 107 cm³/mol. The number of amides is 2. The normalized spacial score (nSPS) is 27.7. The first-order valence-electron chi connectivity index (χ1n) is 9.53. The van der Waals surface area contributed by atoms with Crippen LogP contribution in [-0.2, 0) is 9.59 Å². The number of fused-ring (bicyclic) bond motifs is 1. The van der Waals surface area contributed by atoms with Crippen LogP contribution in [0.5, 0.6) is 0 Å². The highest BCUT2D eigenvalue weighted by molar-refractivity contribution is 6.30. The molecule has 2 saturated heterocycles. The Bertz CT molecular complexity index is 781. The number of anilines is 1. The van der Waals surface area contributed by atoms with Crippen molar-refractivity contribution in [3.8, 4) is 0 Å². The fourth-order valence-corrected chi connectivity index (χ4v) is 4.48. The van der Waals surface area contributed by atoms with Crippen LogP contribution in [0.2, 0.25) is 5.02 Å². The Morgan fingerprint density at radius 2 is 1.81 bits per heavy atom. The molecule has 6 heteroatoms. The van der Waals surface area contributed by atoms with Crippen LogP contribution in [0.15, 0.2) is 48.6 Å². The number of hydrogen-bond acceptors (Lipinski definition) is 4. The second-order valence-electron chi connectivity index (χ2n) is 7.49. The van der Waals surface area contributed by atoms with Gasteiger partial charge in [0.1, 0.15) is 0 Å². The van der Waals surface area contributed by atoms with Gasteiger partial charge in [-0.25, -0.2) is 0 Å². The first-order chi connectivity index (χ1) is 13.1. The highest BCUT2D eigenvalue weighted by Crippen LogP contribution is 2.42. The molecule has 0 aromatic heterocycles. The Labute approximate surface area is 164 Å². The van der Waals surface area contributed by atoms with Gasteiger partial charge in [0.05, 0.1) is 11.3 Å². The number of halogens is 1. The first kappa shape index (κ1) is 18.3. The number of allylic oxidation sites excluding steroid dienone is 2. The van der Waals surface area contributed by atoms with Crippen molar-refractivity contribution in [3.05, 3.63) is 53.6 Å². The van der Waals surface area contributed by atoms with E-state index < -0.39 is 5.41 Å². The minimum atomic E-state index is -0.684. The molecule has 1 aromatic rings. The van der Waals surface area contributed by atoms with E-state index in [1.807, 2.05) is 36.4 Å². The van der Waals surface area contributed by atoms with E-state index in [0.29, 0.717) is 6.42 Å². The maximum atomic E-state index is 12.4. The van der Waals surface area contributed by atoms with Crippen molar-refractivity contribution in [2.45, 2.75) is 12.8 Å². The third-order valence-electron chi connectivity index (χ3n) is 5.93. The molecule has 2 fully saturated rings. The van der Waals surface area contributed by atoms with Gasteiger partial charge < -0.3 is 4.90 Å². The van der Waals surface area contributed by atoms with E-state index in [-0.39, 0.29) is 17.7 Å². The molecular weight excluding hydrogens is 362 g/mol. The summed E-state index contributed by atoms with van der Waals surface area (Å²) >= 11 is 5.97. The number of nitrogens with zero attached hydrogens (tertiary/aromatic N) is 2. The van der Waals surface area contributed by atoms with Crippen molar-refractivity contribution in [1.82, 2.24) is 10.2 Å². The van der Waals surface area contributed by atoms with Gasteiger partial charge in [-0.3, -0.25) is 19.8 Å². The fraction of sp³-hybridized carbons (Fsp3) is 0.429. The zero-order valence-corrected chi connectivity index (χ0v) is 16.0. The fourth-order valence-electron chi connectivity index (χ4n) is 4.35. The molecule has 3 aliphatic rings. The van der Waals surface area contributed by atoms with E-state index >= 15 is 0 Å². The van der Waals surface area contributed by atoms with Crippen molar-refractivity contribution < 1.29 is 9.59 Å². The molecule has 0 radical (unpaired) electrons. The lowest BCUT2D eigenvalue weighted by atomic mass is 9.71. The van der Waals surface area contributed by atoms with Gasteiger partial charge in [-0.15, -0.1) is 0 Å². The van der Waals surface area contributed by atoms with Gasteiger partial charge in [0.15, 0.2) is 0 Å². The zero-order chi connectivity index (χ0) is 18.9. The molecule has 4 rings (SSSR count). The molecule has 1 aliphatic carbocycles. The minimum absolute atomic E-state index is 0.148. The molecule has 2 aliphatic heterocycles. The van der Waals surface area contributed by atoms with Crippen LogP contribution in [-0.4, -0.2) is 49.4 Å². The third kappa shape index (κ3) is 3.54. The van der Waals surface area contributed by atoms with Crippen molar-refractivity contribution >= 4 is 29.1 Å². The second kappa shape index (κ2) is 7.49. The molecule has 0 spiro atoms. The summed E-state index contributed by atoms with van der Waals surface area (Å²) in [6, 6.07) is 7.99. The number of nitrogens with one attached hydrogen (secondary N) is 1. The molecular formula is C21H24ClN3O2. The van der Waals surface area contributed by atoms with Gasteiger partial charge in [0, 0.05) is 36.9 Å². The lowest BCUT2D eigenvalue weighted by Crippen LogP contribution is -2.47. The monoisotopic (exact) mass is 385 g/mol. The minimum Gasteiger partial charge on any atom is -0.369 e. The van der Waals surface area contributed by atoms with E-state index in [1.165, 1.54) is 5.69 Å². The number of benzene rings is 1. The van der Waals surface area contributed by atoms with Gasteiger partial charge >= 0.3 is 0 Å². The molecule has 1 aromatic carbocycles. The standard InChI is InChI=1S/C21H24ClN3O2/c22-16-5-7-17(8-6-16)25-14-12-24(13-15-25)11-3-10-21-9-2-1-4-18(21)19(26)23-20(21)27/h1-2,4-9,18H,3,10-15H2,(H,23,26,27). The van der Waals surface area contributed by atoms with Crippen LogP contribution in [0, 0.1) is 11.3 Å². The largest absolute Gasteiger partial charge is 0.369 e. The van der Waals surface area contributed by atoms with Crippen molar-refractivity contribution in [2.24, 2.45) is 11.3 Å². The number of hydrogen-bond donors (Lipinski definition) is 1. The Kier molecular flexibility index (Phi) is 5.06. The number of carbonyl (C=O) groups is 2. The van der Waals surface area contributed by atoms with E-state index in [2.05, 4.69) is 27.2 Å². The van der Waals surface area contributed by atoms with E-state index in [0.717, 1.165) is 44.2 Å². The van der Waals surface area contributed by atoms with Crippen LogP contribution in [0.1, 0.15) is 12.8 Å². The van der Waals surface area contributed by atoms with E-state index in [1.54, 1.807) is 0 Å². The molecule has 0 bridgehead atoms. The Balaban J connectivity index is 1.29. The summed E-state index contributed by atoms with van der Waals surface area (Å²) in [6.07, 6.45) is 9.11. The average Bonchev–Trinajstić information content (AvgIpc) is 2.94. The summed E-state index contributed by atoms with van der Waals surface area (Å²) in [4.78, 5) is 29.3. The van der Waals surface area contributed by atoms with Crippen molar-refractivity contribution in [2.75, 3.05) is 37.6 Å². The third-order valence-corrected chi connectivity index (χ3v) is 6.19. The van der Waals surface area contributed by atoms with Crippen LogP contribution in [0.3, 0.4) is 0 Å². The van der Waals surface area contributed by atoms with E-state index in [9.17, 15) is 9.59 Å². The molecule has 1 N–H and O–H groups in total. The lowest BCUT2D eigenvalue weighted by molar-refractivity contribution is -0.127. The van der Waals surface area contributed by atoms with Crippen LogP contribution in [0.25, 0.3) is 0 Å². The highest BCUT2D eigenvalue weighted by Gasteiger charge is 2.52. The summed E-state index contributed by atoms with van der Waals surface area (Å²) in [6.45, 7) is 4.91. The molecule has 2 unspecified atom stereocenters. The van der Waals surface area contributed by atoms with Crippen molar-refractivity contribution in [1.29, 1.82) is 0 Å². The number of rotatable bonds is 5. The first-order valence-corrected chi connectivity index (χ1v) is 9.90. The number of imide groups is 1. The summed E-state index contributed by atoms with van der Waals surface area (Å²) in [5.41, 5.74) is 0.526. The van der Waals surface area contributed by atoms with Gasteiger partial charge in [-0.05, 0) is 43.7 Å². The smallest absolute Gasteiger partial charge is 0.237 e. The molecule has 0 saturated carbocycles. The maximum Gasteiger partial charge on any atom is 0.237 e. The molecule has 5 nitrogen and oxygen atoms in total. The number of piperazine rings is 1. The Morgan fingerprint density at radius 3 is 2.56 bits per heavy atom. The van der Waals surface area contributed by atoms with Crippen LogP contribution in [0.4, 0.5) is 5.69 Å². The average molecular weight is 386 g/mol. The van der Waals surface area contributed by atoms with E-state index in [4.69, 9.17) is 11.6 Å². The summed E-state index contributed by atoms with van der Waals surface area (Å²) in [7, 11) is 0. The molecule has 2 heterocycles. The summed E-state index contributed by atoms with van der Waals surface area (Å²) < 4.78 is 0. The highest BCUT2D eigenvalue weighted by atomic mass is 35.5. The maximum absolute atomic E-state index is 12.4. The number of carbonyl (C=O) groups excluding carboxylic acids is 2. The Hall–Kier alpha value is -2.11. The summed E-state index contributed by atoms with van der Waals surface area (Å²) in [5.74, 6) is -0.667. The predicted octanol–water partition coefficient (Wildman–Crippen LogP) is 2.63. The van der Waals surface area contributed by atoms with Crippen LogP contribution >= 0.6 is 11.6 Å². The molecule has 142 valence electrons. The van der Waals surface area contributed by atoms with Crippen LogP contribution < -0.4 is 10.2 Å². The second-order valence-corrected chi connectivity index (χ2v) is 7.93.